The third-order valence-corrected chi connectivity index (χ3v) is 4.07. The number of phenols is 1. The molecule has 2 fully saturated rings. The second-order valence-corrected chi connectivity index (χ2v) is 5.14. The van der Waals surface area contributed by atoms with Crippen LogP contribution in [0.25, 0.3) is 0 Å². The molecule has 0 bridgehead atoms. The standard InChI is InChI=1S/C13H18N2O3/c16-10-7-5-9(6-8-10)13-14(17)11-3-1-2-4-12(11)15(13)18/h5-8,11-13,16-18H,1-4H2/t11-,12+,13?. The highest BCUT2D eigenvalue weighted by molar-refractivity contribution is 5.28. The first-order valence-corrected chi connectivity index (χ1v) is 6.42. The molecule has 0 spiro atoms. The summed E-state index contributed by atoms with van der Waals surface area (Å²) in [5, 5.41) is 32.3. The molecule has 3 N–H and O–H groups in total. The fourth-order valence-electron chi connectivity index (χ4n) is 3.14. The van der Waals surface area contributed by atoms with Crippen LogP contribution in [0.2, 0.25) is 0 Å². The highest BCUT2D eigenvalue weighted by Crippen LogP contribution is 2.41. The van der Waals surface area contributed by atoms with Crippen molar-refractivity contribution < 1.29 is 15.5 Å². The lowest BCUT2D eigenvalue weighted by molar-refractivity contribution is -0.211. The summed E-state index contributed by atoms with van der Waals surface area (Å²) in [6.45, 7) is 0. The van der Waals surface area contributed by atoms with Gasteiger partial charge in [0.2, 0.25) is 0 Å². The molecule has 3 rings (SSSR count). The second kappa shape index (κ2) is 4.51. The maximum atomic E-state index is 10.2. The van der Waals surface area contributed by atoms with Gasteiger partial charge in [-0.05, 0) is 30.5 Å². The molecule has 0 amide bonds. The van der Waals surface area contributed by atoms with Crippen LogP contribution in [0.4, 0.5) is 0 Å². The zero-order chi connectivity index (χ0) is 12.7. The molecule has 2 aliphatic rings. The zero-order valence-electron chi connectivity index (χ0n) is 10.1. The predicted octanol–water partition coefficient (Wildman–Crippen LogP) is 2.10. The number of phenolic OH excluding ortho intramolecular Hbond substituents is 1. The zero-order valence-corrected chi connectivity index (χ0v) is 10.1. The van der Waals surface area contributed by atoms with Crippen molar-refractivity contribution in [3.63, 3.8) is 0 Å². The molecule has 1 aromatic carbocycles. The number of nitrogens with zero attached hydrogens (tertiary/aromatic N) is 2. The molecule has 1 aromatic rings. The lowest BCUT2D eigenvalue weighted by Gasteiger charge is -2.27. The summed E-state index contributed by atoms with van der Waals surface area (Å²) in [7, 11) is 0. The van der Waals surface area contributed by atoms with Crippen LogP contribution < -0.4 is 0 Å². The molecule has 1 heterocycles. The van der Waals surface area contributed by atoms with Crippen LogP contribution in [0.3, 0.4) is 0 Å². The Labute approximate surface area is 106 Å². The lowest BCUT2D eigenvalue weighted by Crippen LogP contribution is -2.37. The van der Waals surface area contributed by atoms with E-state index in [-0.39, 0.29) is 17.8 Å². The van der Waals surface area contributed by atoms with Gasteiger partial charge in [-0.25, -0.2) is 0 Å². The van der Waals surface area contributed by atoms with E-state index in [0.29, 0.717) is 0 Å². The van der Waals surface area contributed by atoms with Gasteiger partial charge in [-0.15, -0.1) is 0 Å². The van der Waals surface area contributed by atoms with Crippen LogP contribution in [0, 0.1) is 0 Å². The summed E-state index contributed by atoms with van der Waals surface area (Å²) in [6, 6.07) is 6.59. The van der Waals surface area contributed by atoms with Crippen molar-refractivity contribution in [1.29, 1.82) is 0 Å². The highest BCUT2D eigenvalue weighted by Gasteiger charge is 2.47. The van der Waals surface area contributed by atoms with Crippen LogP contribution in [0.5, 0.6) is 5.75 Å². The van der Waals surface area contributed by atoms with E-state index in [4.69, 9.17) is 0 Å². The summed E-state index contributed by atoms with van der Waals surface area (Å²) >= 11 is 0. The molecular formula is C13H18N2O3. The van der Waals surface area contributed by atoms with Gasteiger partial charge in [-0.1, -0.05) is 25.0 Å². The Kier molecular flexibility index (Phi) is 2.99. The van der Waals surface area contributed by atoms with Crippen molar-refractivity contribution in [3.8, 4) is 5.75 Å². The Morgan fingerprint density at radius 3 is 1.89 bits per heavy atom. The number of hydrogen-bond donors (Lipinski definition) is 3. The normalized spacial score (nSPS) is 33.6. The van der Waals surface area contributed by atoms with E-state index in [1.165, 1.54) is 10.1 Å². The largest absolute Gasteiger partial charge is 0.508 e. The molecule has 98 valence electrons. The van der Waals surface area contributed by atoms with Crippen LogP contribution in [-0.4, -0.2) is 37.7 Å². The van der Waals surface area contributed by atoms with E-state index in [2.05, 4.69) is 0 Å². The number of rotatable bonds is 1. The Morgan fingerprint density at radius 1 is 0.889 bits per heavy atom. The molecule has 1 aliphatic heterocycles. The Hall–Kier alpha value is -1.14. The smallest absolute Gasteiger partial charge is 0.136 e. The number of hydrogen-bond acceptors (Lipinski definition) is 5. The molecule has 0 aromatic heterocycles. The third-order valence-electron chi connectivity index (χ3n) is 4.07. The predicted molar refractivity (Wildman–Crippen MR) is 64.1 cm³/mol. The minimum atomic E-state index is -0.529. The van der Waals surface area contributed by atoms with Crippen LogP contribution in [0.1, 0.15) is 37.4 Å². The van der Waals surface area contributed by atoms with Gasteiger partial charge in [0, 0.05) is 0 Å². The average molecular weight is 250 g/mol. The molecule has 1 saturated carbocycles. The van der Waals surface area contributed by atoms with Gasteiger partial charge in [-0.2, -0.15) is 10.1 Å². The number of benzene rings is 1. The first kappa shape index (κ1) is 11.9. The molecule has 1 unspecified atom stereocenters. The summed E-state index contributed by atoms with van der Waals surface area (Å²) < 4.78 is 0. The van der Waals surface area contributed by atoms with E-state index >= 15 is 0 Å². The lowest BCUT2D eigenvalue weighted by atomic mass is 9.91. The summed E-state index contributed by atoms with van der Waals surface area (Å²) in [5.74, 6) is 0.183. The maximum absolute atomic E-state index is 10.2. The third kappa shape index (κ3) is 1.80. The van der Waals surface area contributed by atoms with E-state index in [0.717, 1.165) is 31.2 Å². The number of fused-ring (bicyclic) bond motifs is 1. The van der Waals surface area contributed by atoms with Crippen molar-refractivity contribution in [2.24, 2.45) is 0 Å². The number of hydroxylamine groups is 4. The monoisotopic (exact) mass is 250 g/mol. The second-order valence-electron chi connectivity index (χ2n) is 5.14. The molecule has 1 saturated heterocycles. The van der Waals surface area contributed by atoms with E-state index < -0.39 is 6.17 Å². The maximum Gasteiger partial charge on any atom is 0.136 e. The van der Waals surface area contributed by atoms with E-state index in [9.17, 15) is 15.5 Å². The Morgan fingerprint density at radius 2 is 1.39 bits per heavy atom. The van der Waals surface area contributed by atoms with Crippen molar-refractivity contribution in [1.82, 2.24) is 10.1 Å². The van der Waals surface area contributed by atoms with Gasteiger partial charge in [-0.3, -0.25) is 0 Å². The Balaban J connectivity index is 1.89. The first-order chi connectivity index (χ1) is 8.68. The fourth-order valence-corrected chi connectivity index (χ4v) is 3.14. The van der Waals surface area contributed by atoms with Gasteiger partial charge in [0.25, 0.3) is 0 Å². The quantitative estimate of drug-likeness (QED) is 0.712. The average Bonchev–Trinajstić information content (AvgIpc) is 2.64. The molecule has 0 radical (unpaired) electrons. The van der Waals surface area contributed by atoms with Gasteiger partial charge in [0.1, 0.15) is 11.9 Å². The van der Waals surface area contributed by atoms with Crippen molar-refractivity contribution >= 4 is 0 Å². The molecule has 5 heteroatoms. The van der Waals surface area contributed by atoms with Crippen LogP contribution >= 0.6 is 0 Å². The molecule has 5 nitrogen and oxygen atoms in total. The SMILES string of the molecule is Oc1ccc(C2N(O)[C@@H]3CCCC[C@@H]3N2O)cc1. The van der Waals surface area contributed by atoms with Gasteiger partial charge < -0.3 is 15.5 Å². The van der Waals surface area contributed by atoms with Crippen molar-refractivity contribution in [2.45, 2.75) is 43.9 Å². The summed E-state index contributed by atoms with van der Waals surface area (Å²) in [6.07, 6.45) is 3.47. The van der Waals surface area contributed by atoms with Gasteiger partial charge >= 0.3 is 0 Å². The topological polar surface area (TPSA) is 67.2 Å². The van der Waals surface area contributed by atoms with Crippen molar-refractivity contribution in [3.05, 3.63) is 29.8 Å². The molecule has 18 heavy (non-hydrogen) atoms. The minimum absolute atomic E-state index is 0.00236. The van der Waals surface area contributed by atoms with Gasteiger partial charge in [0.05, 0.1) is 12.1 Å². The van der Waals surface area contributed by atoms with E-state index in [1.807, 2.05) is 0 Å². The van der Waals surface area contributed by atoms with Crippen molar-refractivity contribution in [2.75, 3.05) is 0 Å². The van der Waals surface area contributed by atoms with Gasteiger partial charge in [0.15, 0.2) is 0 Å². The fraction of sp³-hybridized carbons (Fsp3) is 0.538. The minimum Gasteiger partial charge on any atom is -0.508 e. The molecule has 3 atom stereocenters. The first-order valence-electron chi connectivity index (χ1n) is 6.42. The number of aromatic hydroxyl groups is 1. The molecular weight excluding hydrogens is 232 g/mol. The molecule has 1 aliphatic carbocycles. The summed E-state index contributed by atoms with van der Waals surface area (Å²) in [4.78, 5) is 0. The Bertz CT molecular complexity index is 405. The van der Waals surface area contributed by atoms with Crippen LogP contribution in [0.15, 0.2) is 24.3 Å². The highest BCUT2D eigenvalue weighted by atomic mass is 16.6. The van der Waals surface area contributed by atoms with E-state index in [1.54, 1.807) is 24.3 Å². The summed E-state index contributed by atoms with van der Waals surface area (Å²) in [5.41, 5.74) is 0.784. The van der Waals surface area contributed by atoms with Crippen LogP contribution in [-0.2, 0) is 0 Å².